The van der Waals surface area contributed by atoms with Crippen molar-refractivity contribution < 1.29 is 9.32 Å². The van der Waals surface area contributed by atoms with Crippen LogP contribution in [0.1, 0.15) is 22.2 Å². The average molecular weight is 353 g/mol. The maximum absolute atomic E-state index is 12.6. The summed E-state index contributed by atoms with van der Waals surface area (Å²) >= 11 is 1.57. The Bertz CT molecular complexity index is 893. The summed E-state index contributed by atoms with van der Waals surface area (Å²) in [6.07, 6.45) is 6.73. The van der Waals surface area contributed by atoms with E-state index in [0.717, 1.165) is 10.5 Å². The molecule has 1 aliphatic rings. The van der Waals surface area contributed by atoms with Gasteiger partial charge in [-0.15, -0.1) is 11.8 Å². The Labute approximate surface area is 148 Å². The van der Waals surface area contributed by atoms with Gasteiger partial charge in [0.25, 0.3) is 5.91 Å². The van der Waals surface area contributed by atoms with E-state index in [1.165, 1.54) is 0 Å². The molecule has 8 heteroatoms. The van der Waals surface area contributed by atoms with Gasteiger partial charge in [0.15, 0.2) is 0 Å². The van der Waals surface area contributed by atoms with E-state index in [9.17, 15) is 4.79 Å². The number of rotatable bonds is 4. The molecule has 126 valence electrons. The number of nitrogens with zero attached hydrogens (tertiary/aromatic N) is 5. The molecule has 1 aromatic carbocycles. The standard InChI is InChI=1S/C17H15N5O2S/c1-25-14-5-3-2-4-12(14)17(23)22-9-11(10-22)16-20-15(21-24-16)13-8-18-6-7-19-13/h2-8,11H,9-10H2,1H3. The number of hydrogen-bond acceptors (Lipinski definition) is 7. The first-order chi connectivity index (χ1) is 12.3. The molecule has 7 nitrogen and oxygen atoms in total. The fourth-order valence-corrected chi connectivity index (χ4v) is 3.30. The lowest BCUT2D eigenvalue weighted by Gasteiger charge is -2.37. The van der Waals surface area contributed by atoms with E-state index in [2.05, 4.69) is 20.1 Å². The zero-order valence-corrected chi connectivity index (χ0v) is 14.3. The normalized spacial score (nSPS) is 14.4. The lowest BCUT2D eigenvalue weighted by atomic mass is 9.98. The smallest absolute Gasteiger partial charge is 0.255 e. The van der Waals surface area contributed by atoms with Crippen molar-refractivity contribution in [3.63, 3.8) is 0 Å². The maximum Gasteiger partial charge on any atom is 0.255 e. The predicted molar refractivity (Wildman–Crippen MR) is 92.2 cm³/mol. The van der Waals surface area contributed by atoms with Gasteiger partial charge in [-0.2, -0.15) is 4.98 Å². The van der Waals surface area contributed by atoms with Crippen LogP contribution in [-0.4, -0.2) is 50.3 Å². The van der Waals surface area contributed by atoms with Gasteiger partial charge < -0.3 is 9.42 Å². The van der Waals surface area contributed by atoms with Crippen molar-refractivity contribution in [1.82, 2.24) is 25.0 Å². The van der Waals surface area contributed by atoms with Crippen LogP contribution in [0.3, 0.4) is 0 Å². The number of carbonyl (C=O) groups excluding carboxylic acids is 1. The zero-order chi connectivity index (χ0) is 17.2. The molecular weight excluding hydrogens is 338 g/mol. The van der Waals surface area contributed by atoms with Crippen molar-refractivity contribution in [1.29, 1.82) is 0 Å². The first-order valence-electron chi connectivity index (χ1n) is 7.78. The number of likely N-dealkylation sites (tertiary alicyclic amines) is 1. The summed E-state index contributed by atoms with van der Waals surface area (Å²) in [7, 11) is 0. The Hall–Kier alpha value is -2.74. The molecule has 1 amide bonds. The number of benzene rings is 1. The van der Waals surface area contributed by atoms with E-state index < -0.39 is 0 Å². The molecule has 1 fully saturated rings. The summed E-state index contributed by atoms with van der Waals surface area (Å²) in [6, 6.07) is 7.64. The lowest BCUT2D eigenvalue weighted by Crippen LogP contribution is -2.48. The van der Waals surface area contributed by atoms with Crippen LogP contribution in [0, 0.1) is 0 Å². The molecule has 0 aliphatic carbocycles. The minimum Gasteiger partial charge on any atom is -0.338 e. The fourth-order valence-electron chi connectivity index (χ4n) is 2.71. The fraction of sp³-hybridized carbons (Fsp3) is 0.235. The second kappa shape index (κ2) is 6.64. The Morgan fingerprint density at radius 2 is 2.12 bits per heavy atom. The Balaban J connectivity index is 1.44. The molecule has 0 spiro atoms. The average Bonchev–Trinajstić information content (AvgIpc) is 3.10. The van der Waals surface area contributed by atoms with E-state index in [1.807, 2.05) is 30.5 Å². The molecule has 4 rings (SSSR count). The van der Waals surface area contributed by atoms with Crippen LogP contribution in [-0.2, 0) is 0 Å². The zero-order valence-electron chi connectivity index (χ0n) is 13.5. The molecule has 0 radical (unpaired) electrons. The van der Waals surface area contributed by atoms with E-state index >= 15 is 0 Å². The van der Waals surface area contributed by atoms with Crippen molar-refractivity contribution >= 4 is 17.7 Å². The SMILES string of the molecule is CSc1ccccc1C(=O)N1CC(c2nc(-c3cnccn3)no2)C1. The number of hydrogen-bond donors (Lipinski definition) is 0. The molecule has 25 heavy (non-hydrogen) atoms. The third kappa shape index (κ3) is 3.00. The molecule has 0 atom stereocenters. The Morgan fingerprint density at radius 3 is 2.88 bits per heavy atom. The van der Waals surface area contributed by atoms with E-state index in [1.54, 1.807) is 35.3 Å². The second-order valence-corrected chi connectivity index (χ2v) is 6.50. The molecule has 2 aromatic heterocycles. The van der Waals surface area contributed by atoms with Gasteiger partial charge in [-0.3, -0.25) is 9.78 Å². The van der Waals surface area contributed by atoms with Gasteiger partial charge >= 0.3 is 0 Å². The summed E-state index contributed by atoms with van der Waals surface area (Å²) in [6.45, 7) is 1.15. The number of carbonyl (C=O) groups is 1. The highest BCUT2D eigenvalue weighted by molar-refractivity contribution is 7.98. The molecule has 1 saturated heterocycles. The first-order valence-corrected chi connectivity index (χ1v) is 9.01. The van der Waals surface area contributed by atoms with Gasteiger partial charge in [0.2, 0.25) is 11.7 Å². The van der Waals surface area contributed by atoms with Gasteiger partial charge in [0, 0.05) is 30.4 Å². The minimum atomic E-state index is 0.0369. The highest BCUT2D eigenvalue weighted by Gasteiger charge is 2.36. The van der Waals surface area contributed by atoms with Crippen LogP contribution in [0.25, 0.3) is 11.5 Å². The number of thioether (sulfide) groups is 1. The van der Waals surface area contributed by atoms with Crippen molar-refractivity contribution in [3.8, 4) is 11.5 Å². The topological polar surface area (TPSA) is 85.0 Å². The van der Waals surface area contributed by atoms with Gasteiger partial charge in [0.05, 0.1) is 17.7 Å². The lowest BCUT2D eigenvalue weighted by molar-refractivity contribution is 0.0565. The number of aromatic nitrogens is 4. The highest BCUT2D eigenvalue weighted by atomic mass is 32.2. The molecule has 0 N–H and O–H groups in total. The third-order valence-electron chi connectivity index (χ3n) is 4.09. The molecule has 1 aliphatic heterocycles. The summed E-state index contributed by atoms with van der Waals surface area (Å²) in [5, 5.41) is 3.95. The Morgan fingerprint density at radius 1 is 1.28 bits per heavy atom. The van der Waals surface area contributed by atoms with Crippen molar-refractivity contribution in [2.24, 2.45) is 0 Å². The second-order valence-electron chi connectivity index (χ2n) is 5.65. The number of amides is 1. The van der Waals surface area contributed by atoms with Crippen LogP contribution < -0.4 is 0 Å². The summed E-state index contributed by atoms with van der Waals surface area (Å²) in [4.78, 5) is 27.9. The molecule has 0 saturated carbocycles. The summed E-state index contributed by atoms with van der Waals surface area (Å²) < 4.78 is 5.33. The monoisotopic (exact) mass is 353 g/mol. The molecule has 0 unspecified atom stereocenters. The maximum atomic E-state index is 12.6. The van der Waals surface area contributed by atoms with E-state index in [0.29, 0.717) is 30.5 Å². The van der Waals surface area contributed by atoms with Crippen LogP contribution in [0.5, 0.6) is 0 Å². The van der Waals surface area contributed by atoms with Gasteiger partial charge in [-0.25, -0.2) is 4.98 Å². The minimum absolute atomic E-state index is 0.0369. The van der Waals surface area contributed by atoms with Gasteiger partial charge in [-0.1, -0.05) is 17.3 Å². The molecule has 3 heterocycles. The van der Waals surface area contributed by atoms with Crippen molar-refractivity contribution in [2.75, 3.05) is 19.3 Å². The molecule has 3 aromatic rings. The van der Waals surface area contributed by atoms with Crippen molar-refractivity contribution in [2.45, 2.75) is 10.8 Å². The highest BCUT2D eigenvalue weighted by Crippen LogP contribution is 2.30. The summed E-state index contributed by atoms with van der Waals surface area (Å²) in [5.41, 5.74) is 1.30. The largest absolute Gasteiger partial charge is 0.338 e. The summed E-state index contributed by atoms with van der Waals surface area (Å²) in [5.74, 6) is 1.04. The van der Waals surface area contributed by atoms with Gasteiger partial charge in [-0.05, 0) is 18.4 Å². The van der Waals surface area contributed by atoms with Crippen LogP contribution in [0.4, 0.5) is 0 Å². The quantitative estimate of drug-likeness (QED) is 0.666. The van der Waals surface area contributed by atoms with Crippen molar-refractivity contribution in [3.05, 3.63) is 54.3 Å². The van der Waals surface area contributed by atoms with E-state index in [4.69, 9.17) is 4.52 Å². The predicted octanol–water partition coefficient (Wildman–Crippen LogP) is 2.49. The van der Waals surface area contributed by atoms with Gasteiger partial charge in [0.1, 0.15) is 5.69 Å². The first kappa shape index (κ1) is 15.8. The van der Waals surface area contributed by atoms with Crippen LogP contribution in [0.15, 0.2) is 52.3 Å². The van der Waals surface area contributed by atoms with E-state index in [-0.39, 0.29) is 11.8 Å². The molecular formula is C17H15N5O2S. The third-order valence-corrected chi connectivity index (χ3v) is 4.89. The Kier molecular flexibility index (Phi) is 4.19. The molecule has 0 bridgehead atoms. The van der Waals surface area contributed by atoms with Crippen LogP contribution >= 0.6 is 11.8 Å². The van der Waals surface area contributed by atoms with Crippen LogP contribution in [0.2, 0.25) is 0 Å².